The Balaban J connectivity index is 1.33. The molecule has 2 aliphatic rings. The van der Waals surface area contributed by atoms with Crippen LogP contribution in [0.25, 0.3) is 0 Å². The fourth-order valence-electron chi connectivity index (χ4n) is 5.23. The minimum absolute atomic E-state index is 0.707. The molecular formula is C24H33BrO2. The molecular weight excluding hydrogens is 400 g/mol. The van der Waals surface area contributed by atoms with Gasteiger partial charge in [0.05, 0.1) is 0 Å². The molecule has 0 aromatic heterocycles. The molecule has 0 radical (unpaired) electrons. The molecule has 2 aliphatic carbocycles. The van der Waals surface area contributed by atoms with Crippen molar-refractivity contribution in [2.75, 3.05) is 0 Å². The number of halogens is 1. The molecule has 0 atom stereocenters. The maximum absolute atomic E-state index is 10.6. The Morgan fingerprint density at radius 1 is 0.926 bits per heavy atom. The quantitative estimate of drug-likeness (QED) is 0.469. The van der Waals surface area contributed by atoms with E-state index in [1.54, 1.807) is 0 Å². The van der Waals surface area contributed by atoms with Gasteiger partial charge in [-0.2, -0.15) is 0 Å². The van der Waals surface area contributed by atoms with Gasteiger partial charge in [-0.15, -0.1) is 0 Å². The molecule has 1 aromatic rings. The predicted octanol–water partition coefficient (Wildman–Crippen LogP) is 7.03. The zero-order valence-corrected chi connectivity index (χ0v) is 17.9. The van der Waals surface area contributed by atoms with Gasteiger partial charge in [0.15, 0.2) is 0 Å². The topological polar surface area (TPSA) is 37.3 Å². The lowest BCUT2D eigenvalue weighted by Crippen LogP contribution is -2.26. The Bertz CT molecular complexity index is 606. The lowest BCUT2D eigenvalue weighted by molar-refractivity contribution is -0.131. The molecule has 2 nitrogen and oxygen atoms in total. The van der Waals surface area contributed by atoms with E-state index in [0.717, 1.165) is 24.2 Å². The van der Waals surface area contributed by atoms with Gasteiger partial charge in [0.25, 0.3) is 0 Å². The Morgan fingerprint density at radius 3 is 2.04 bits per heavy atom. The standard InChI is InChI=1S/C24H33BrO2/c25-23-16-10-20(11-17-23)5-4-19-8-14-22(15-9-19)21-12-6-18(7-13-21)2-1-3-24(26)27/h1,3,10-11,16-19,21-22H,2,4-9,12-15H2,(H,26,27)/b3-1+. The third kappa shape index (κ3) is 6.78. The zero-order valence-electron chi connectivity index (χ0n) is 16.3. The molecule has 0 amide bonds. The van der Waals surface area contributed by atoms with E-state index in [0.29, 0.717) is 5.92 Å². The number of hydrogen-bond donors (Lipinski definition) is 1. The van der Waals surface area contributed by atoms with Gasteiger partial charge in [-0.05, 0) is 99.2 Å². The van der Waals surface area contributed by atoms with E-state index in [4.69, 9.17) is 5.11 Å². The van der Waals surface area contributed by atoms with E-state index in [1.807, 2.05) is 6.08 Å². The highest BCUT2D eigenvalue weighted by molar-refractivity contribution is 9.10. The molecule has 0 heterocycles. The average molecular weight is 433 g/mol. The van der Waals surface area contributed by atoms with Crippen LogP contribution in [0, 0.1) is 23.7 Å². The average Bonchev–Trinajstić information content (AvgIpc) is 2.68. The van der Waals surface area contributed by atoms with Crippen LogP contribution < -0.4 is 0 Å². The van der Waals surface area contributed by atoms with Gasteiger partial charge >= 0.3 is 5.97 Å². The SMILES string of the molecule is O=C(O)/C=C/CC1CCC(C2CCC(CCc3ccc(Br)cc3)CC2)CC1. The molecule has 3 rings (SSSR count). The van der Waals surface area contributed by atoms with Crippen molar-refractivity contribution in [2.24, 2.45) is 23.7 Å². The summed E-state index contributed by atoms with van der Waals surface area (Å²) >= 11 is 3.51. The predicted molar refractivity (Wildman–Crippen MR) is 115 cm³/mol. The number of benzene rings is 1. The summed E-state index contributed by atoms with van der Waals surface area (Å²) in [5.74, 6) is 2.68. The Labute approximate surface area is 172 Å². The third-order valence-corrected chi connectivity index (χ3v) is 7.46. The highest BCUT2D eigenvalue weighted by Gasteiger charge is 2.30. The van der Waals surface area contributed by atoms with Crippen LogP contribution in [0.5, 0.6) is 0 Å². The number of aliphatic carboxylic acids is 1. The van der Waals surface area contributed by atoms with Crippen LogP contribution in [0.1, 0.15) is 69.8 Å². The van der Waals surface area contributed by atoms with E-state index >= 15 is 0 Å². The summed E-state index contributed by atoms with van der Waals surface area (Å²) in [6.07, 6.45) is 17.7. The van der Waals surface area contributed by atoms with E-state index in [9.17, 15) is 4.79 Å². The second kappa shape index (κ2) is 10.5. The summed E-state index contributed by atoms with van der Waals surface area (Å²) in [4.78, 5) is 10.6. The van der Waals surface area contributed by atoms with Crippen molar-refractivity contribution >= 4 is 21.9 Å². The molecule has 1 aromatic carbocycles. The van der Waals surface area contributed by atoms with Crippen LogP contribution in [0.3, 0.4) is 0 Å². The minimum atomic E-state index is -0.819. The van der Waals surface area contributed by atoms with Gasteiger partial charge in [0.2, 0.25) is 0 Å². The molecule has 2 saturated carbocycles. The van der Waals surface area contributed by atoms with Gasteiger partial charge in [-0.3, -0.25) is 0 Å². The molecule has 3 heteroatoms. The molecule has 0 unspecified atom stereocenters. The lowest BCUT2D eigenvalue weighted by atomic mass is 9.68. The lowest BCUT2D eigenvalue weighted by Gasteiger charge is -2.37. The molecule has 0 spiro atoms. The van der Waals surface area contributed by atoms with Gasteiger partial charge in [-0.25, -0.2) is 4.79 Å². The van der Waals surface area contributed by atoms with Crippen molar-refractivity contribution in [3.8, 4) is 0 Å². The van der Waals surface area contributed by atoms with Crippen molar-refractivity contribution in [1.29, 1.82) is 0 Å². The number of aryl methyl sites for hydroxylation is 1. The second-order valence-corrected chi connectivity index (χ2v) is 9.62. The smallest absolute Gasteiger partial charge is 0.327 e. The first kappa shape index (κ1) is 20.6. The summed E-state index contributed by atoms with van der Waals surface area (Å²) in [5, 5.41) is 8.70. The Kier molecular flexibility index (Phi) is 7.99. The third-order valence-electron chi connectivity index (χ3n) is 6.93. The van der Waals surface area contributed by atoms with Gasteiger partial charge in [-0.1, -0.05) is 47.0 Å². The van der Waals surface area contributed by atoms with E-state index in [1.165, 1.54) is 80.3 Å². The first-order valence-corrected chi connectivity index (χ1v) is 11.5. The highest BCUT2D eigenvalue weighted by Crippen LogP contribution is 2.42. The molecule has 0 saturated heterocycles. The molecule has 0 aliphatic heterocycles. The van der Waals surface area contributed by atoms with Crippen LogP contribution in [-0.4, -0.2) is 11.1 Å². The number of rotatable bonds is 7. The number of allylic oxidation sites excluding steroid dienone is 1. The van der Waals surface area contributed by atoms with Crippen molar-refractivity contribution in [2.45, 2.75) is 70.6 Å². The molecule has 0 bridgehead atoms. The normalized spacial score (nSPS) is 29.1. The van der Waals surface area contributed by atoms with Crippen molar-refractivity contribution in [3.63, 3.8) is 0 Å². The van der Waals surface area contributed by atoms with Gasteiger partial charge in [0, 0.05) is 10.5 Å². The van der Waals surface area contributed by atoms with E-state index in [2.05, 4.69) is 40.2 Å². The Hall–Kier alpha value is -1.09. The number of hydrogen-bond acceptors (Lipinski definition) is 1. The minimum Gasteiger partial charge on any atom is -0.478 e. The summed E-state index contributed by atoms with van der Waals surface area (Å²) in [5.41, 5.74) is 1.47. The van der Waals surface area contributed by atoms with E-state index in [-0.39, 0.29) is 0 Å². The fraction of sp³-hybridized carbons (Fsp3) is 0.625. The summed E-state index contributed by atoms with van der Waals surface area (Å²) in [6, 6.07) is 8.81. The zero-order chi connectivity index (χ0) is 19.1. The first-order chi connectivity index (χ1) is 13.1. The molecule has 148 valence electrons. The molecule has 1 N–H and O–H groups in total. The maximum Gasteiger partial charge on any atom is 0.327 e. The Morgan fingerprint density at radius 2 is 1.48 bits per heavy atom. The monoisotopic (exact) mass is 432 g/mol. The van der Waals surface area contributed by atoms with Crippen molar-refractivity contribution in [1.82, 2.24) is 0 Å². The van der Waals surface area contributed by atoms with Gasteiger partial charge in [0.1, 0.15) is 0 Å². The van der Waals surface area contributed by atoms with Crippen LogP contribution in [0.4, 0.5) is 0 Å². The van der Waals surface area contributed by atoms with Crippen LogP contribution >= 0.6 is 15.9 Å². The molecule has 27 heavy (non-hydrogen) atoms. The van der Waals surface area contributed by atoms with Crippen LogP contribution in [0.15, 0.2) is 40.9 Å². The number of carboxylic acids is 1. The van der Waals surface area contributed by atoms with Crippen LogP contribution in [-0.2, 0) is 11.2 Å². The van der Waals surface area contributed by atoms with Crippen molar-refractivity contribution in [3.05, 3.63) is 46.5 Å². The van der Waals surface area contributed by atoms with Crippen molar-refractivity contribution < 1.29 is 9.90 Å². The maximum atomic E-state index is 10.6. The molecule has 2 fully saturated rings. The highest BCUT2D eigenvalue weighted by atomic mass is 79.9. The van der Waals surface area contributed by atoms with E-state index < -0.39 is 5.97 Å². The summed E-state index contributed by atoms with van der Waals surface area (Å²) in [6.45, 7) is 0. The second-order valence-electron chi connectivity index (χ2n) is 8.70. The fourth-order valence-corrected chi connectivity index (χ4v) is 5.49. The van der Waals surface area contributed by atoms with Crippen LogP contribution in [0.2, 0.25) is 0 Å². The summed E-state index contributed by atoms with van der Waals surface area (Å²) in [7, 11) is 0. The number of carbonyl (C=O) groups is 1. The number of carboxylic acid groups (broad SMARTS) is 1. The van der Waals surface area contributed by atoms with Gasteiger partial charge < -0.3 is 5.11 Å². The largest absolute Gasteiger partial charge is 0.478 e. The first-order valence-electron chi connectivity index (χ1n) is 10.7. The summed E-state index contributed by atoms with van der Waals surface area (Å²) < 4.78 is 1.17.